The molecule has 144 valence electrons. The summed E-state index contributed by atoms with van der Waals surface area (Å²) in [7, 11) is 0. The third kappa shape index (κ3) is 5.11. The van der Waals surface area contributed by atoms with E-state index < -0.39 is 0 Å². The third-order valence-electron chi connectivity index (χ3n) is 4.50. The molecular weight excluding hydrogens is 383 g/mol. The molecule has 1 fully saturated rings. The fourth-order valence-corrected chi connectivity index (χ4v) is 3.59. The van der Waals surface area contributed by atoms with Gasteiger partial charge in [-0.2, -0.15) is 0 Å². The van der Waals surface area contributed by atoms with E-state index in [1.807, 2.05) is 23.1 Å². The van der Waals surface area contributed by atoms with E-state index in [4.69, 9.17) is 23.2 Å². The normalized spacial score (nSPS) is 15.1. The van der Waals surface area contributed by atoms with Gasteiger partial charge in [-0.1, -0.05) is 44.0 Å². The average Bonchev–Trinajstić information content (AvgIpc) is 2.61. The fraction of sp³-hybridized carbons (Fsp3) is 0.450. The summed E-state index contributed by atoms with van der Waals surface area (Å²) >= 11 is 12.2. The van der Waals surface area contributed by atoms with Crippen LogP contribution in [0.5, 0.6) is 0 Å². The van der Waals surface area contributed by atoms with Crippen LogP contribution in [0.3, 0.4) is 0 Å². The lowest BCUT2D eigenvalue weighted by Crippen LogP contribution is -2.49. The summed E-state index contributed by atoms with van der Waals surface area (Å²) in [5.41, 5.74) is 1.52. The van der Waals surface area contributed by atoms with Gasteiger partial charge in [0.15, 0.2) is 5.82 Å². The molecule has 2 aromatic rings. The second-order valence-electron chi connectivity index (χ2n) is 8.01. The van der Waals surface area contributed by atoms with Gasteiger partial charge in [0.25, 0.3) is 0 Å². The molecule has 1 aromatic heterocycles. The number of halogens is 2. The van der Waals surface area contributed by atoms with Crippen molar-refractivity contribution >= 4 is 34.9 Å². The van der Waals surface area contributed by atoms with Gasteiger partial charge in [0.2, 0.25) is 5.91 Å². The molecule has 1 aliphatic rings. The van der Waals surface area contributed by atoms with Gasteiger partial charge < -0.3 is 9.80 Å². The number of carbonyl (C=O) groups is 1. The molecule has 0 saturated carbocycles. The Balaban J connectivity index is 1.63. The van der Waals surface area contributed by atoms with Crippen LogP contribution in [0.25, 0.3) is 11.3 Å². The van der Waals surface area contributed by atoms with Crippen LogP contribution in [0.1, 0.15) is 27.2 Å². The molecule has 5 nitrogen and oxygen atoms in total. The van der Waals surface area contributed by atoms with Crippen molar-refractivity contribution in [1.29, 1.82) is 0 Å². The molecule has 1 amide bonds. The Kier molecular flexibility index (Phi) is 5.92. The number of piperazine rings is 1. The highest BCUT2D eigenvalue weighted by atomic mass is 35.5. The number of aromatic nitrogens is 2. The Morgan fingerprint density at radius 2 is 1.74 bits per heavy atom. The first-order valence-corrected chi connectivity index (χ1v) is 9.80. The number of carbonyl (C=O) groups excluding carboxylic acids is 1. The average molecular weight is 407 g/mol. The molecule has 0 unspecified atom stereocenters. The Morgan fingerprint density at radius 1 is 1.04 bits per heavy atom. The van der Waals surface area contributed by atoms with Crippen molar-refractivity contribution in [3.05, 3.63) is 40.4 Å². The molecule has 3 rings (SSSR count). The van der Waals surface area contributed by atoms with Gasteiger partial charge in [-0.3, -0.25) is 4.79 Å². The van der Waals surface area contributed by atoms with Gasteiger partial charge in [0.1, 0.15) is 0 Å². The predicted octanol–water partition coefficient (Wildman–Crippen LogP) is 4.54. The van der Waals surface area contributed by atoms with Crippen LogP contribution in [0.15, 0.2) is 30.3 Å². The number of rotatable bonds is 3. The van der Waals surface area contributed by atoms with Gasteiger partial charge in [-0.15, -0.1) is 10.2 Å². The zero-order valence-corrected chi connectivity index (χ0v) is 17.4. The van der Waals surface area contributed by atoms with Crippen molar-refractivity contribution in [2.24, 2.45) is 5.41 Å². The molecule has 0 N–H and O–H groups in total. The first-order chi connectivity index (χ1) is 12.7. The lowest BCUT2D eigenvalue weighted by molar-refractivity contribution is -0.133. The minimum Gasteiger partial charge on any atom is -0.352 e. The van der Waals surface area contributed by atoms with E-state index in [0.717, 1.165) is 24.5 Å². The van der Waals surface area contributed by atoms with E-state index in [9.17, 15) is 4.79 Å². The van der Waals surface area contributed by atoms with Crippen LogP contribution < -0.4 is 4.90 Å². The van der Waals surface area contributed by atoms with Crippen molar-refractivity contribution in [3.8, 4) is 11.3 Å². The summed E-state index contributed by atoms with van der Waals surface area (Å²) in [4.78, 5) is 16.5. The Morgan fingerprint density at radius 3 is 2.30 bits per heavy atom. The Labute approximate surface area is 170 Å². The van der Waals surface area contributed by atoms with E-state index in [0.29, 0.717) is 35.2 Å². The zero-order chi connectivity index (χ0) is 19.6. The molecular formula is C20H24Cl2N4O. The summed E-state index contributed by atoms with van der Waals surface area (Å²) in [6, 6.07) is 9.18. The third-order valence-corrected chi connectivity index (χ3v) is 5.04. The number of benzene rings is 1. The fourth-order valence-electron chi connectivity index (χ4n) is 3.09. The van der Waals surface area contributed by atoms with Crippen molar-refractivity contribution in [1.82, 2.24) is 15.1 Å². The van der Waals surface area contributed by atoms with Gasteiger partial charge in [-0.05, 0) is 35.7 Å². The van der Waals surface area contributed by atoms with Crippen LogP contribution >= 0.6 is 23.2 Å². The van der Waals surface area contributed by atoms with Gasteiger partial charge >= 0.3 is 0 Å². The number of anilines is 1. The summed E-state index contributed by atoms with van der Waals surface area (Å²) in [5.74, 6) is 1.03. The van der Waals surface area contributed by atoms with Crippen molar-refractivity contribution in [2.75, 3.05) is 31.1 Å². The van der Waals surface area contributed by atoms with Gasteiger partial charge in [-0.25, -0.2) is 0 Å². The second-order valence-corrected chi connectivity index (χ2v) is 8.85. The summed E-state index contributed by atoms with van der Waals surface area (Å²) in [6.07, 6.45) is 0.573. The molecule has 1 aromatic carbocycles. The van der Waals surface area contributed by atoms with Gasteiger partial charge in [0.05, 0.1) is 10.7 Å². The molecule has 0 spiro atoms. The Bertz CT molecular complexity index is 810. The molecule has 27 heavy (non-hydrogen) atoms. The van der Waals surface area contributed by atoms with Crippen LogP contribution in [0, 0.1) is 5.41 Å². The van der Waals surface area contributed by atoms with E-state index >= 15 is 0 Å². The van der Waals surface area contributed by atoms with E-state index in [1.165, 1.54) is 0 Å². The van der Waals surface area contributed by atoms with Crippen molar-refractivity contribution in [2.45, 2.75) is 27.2 Å². The van der Waals surface area contributed by atoms with Crippen molar-refractivity contribution in [3.63, 3.8) is 0 Å². The number of nitrogens with zero attached hydrogens (tertiary/aromatic N) is 4. The lowest BCUT2D eigenvalue weighted by Gasteiger charge is -2.36. The second kappa shape index (κ2) is 8.03. The predicted molar refractivity (Wildman–Crippen MR) is 110 cm³/mol. The molecule has 0 aliphatic carbocycles. The monoisotopic (exact) mass is 406 g/mol. The molecule has 0 bridgehead atoms. The van der Waals surface area contributed by atoms with Gasteiger partial charge in [0, 0.05) is 43.2 Å². The number of hydrogen-bond acceptors (Lipinski definition) is 4. The highest BCUT2D eigenvalue weighted by molar-refractivity contribution is 6.36. The number of hydrogen-bond donors (Lipinski definition) is 0. The highest BCUT2D eigenvalue weighted by Gasteiger charge is 2.25. The van der Waals surface area contributed by atoms with E-state index in [2.05, 4.69) is 35.9 Å². The highest BCUT2D eigenvalue weighted by Crippen LogP contribution is 2.29. The van der Waals surface area contributed by atoms with E-state index in [1.54, 1.807) is 12.1 Å². The summed E-state index contributed by atoms with van der Waals surface area (Å²) in [6.45, 7) is 9.20. The maximum absolute atomic E-state index is 12.4. The minimum absolute atomic E-state index is 0.0124. The molecule has 2 heterocycles. The van der Waals surface area contributed by atoms with Crippen LogP contribution in [0.2, 0.25) is 10.0 Å². The smallest absolute Gasteiger partial charge is 0.223 e. The summed E-state index contributed by atoms with van der Waals surface area (Å²) < 4.78 is 0. The molecule has 7 heteroatoms. The first-order valence-electron chi connectivity index (χ1n) is 9.05. The molecule has 0 atom stereocenters. The van der Waals surface area contributed by atoms with Crippen LogP contribution in [-0.4, -0.2) is 47.2 Å². The largest absolute Gasteiger partial charge is 0.352 e. The maximum Gasteiger partial charge on any atom is 0.223 e. The van der Waals surface area contributed by atoms with Crippen LogP contribution in [-0.2, 0) is 4.79 Å². The zero-order valence-electron chi connectivity index (χ0n) is 15.9. The Hall–Kier alpha value is -1.85. The first kappa shape index (κ1) is 19.9. The lowest BCUT2D eigenvalue weighted by atomic mass is 9.91. The minimum atomic E-state index is 0.0124. The SMILES string of the molecule is CC(C)(C)CC(=O)N1CCN(c2ccc(-c3ccc(Cl)cc3Cl)nn2)CC1. The molecule has 1 aliphatic heterocycles. The maximum atomic E-state index is 12.4. The standard InChI is InChI=1S/C20H24Cl2N4O/c1-20(2,3)13-19(27)26-10-8-25(9-11-26)18-7-6-17(23-24-18)15-5-4-14(21)12-16(15)22/h4-7,12H,8-11,13H2,1-3H3. The van der Waals surface area contributed by atoms with Crippen molar-refractivity contribution < 1.29 is 4.79 Å². The number of amides is 1. The quantitative estimate of drug-likeness (QED) is 0.750. The van der Waals surface area contributed by atoms with Crippen LogP contribution in [0.4, 0.5) is 5.82 Å². The summed E-state index contributed by atoms with van der Waals surface area (Å²) in [5, 5.41) is 9.81. The molecule has 1 saturated heterocycles. The topological polar surface area (TPSA) is 49.3 Å². The van der Waals surface area contributed by atoms with E-state index in [-0.39, 0.29) is 11.3 Å². The molecule has 0 radical (unpaired) electrons.